The Kier molecular flexibility index (Phi) is 3.55. The smallest absolute Gasteiger partial charge is 0.423 e. The van der Waals surface area contributed by atoms with Crippen molar-refractivity contribution < 1.29 is 16.9 Å². The fourth-order valence-electron chi connectivity index (χ4n) is 5.01. The first-order valence-electron chi connectivity index (χ1n) is 13.7. The van der Waals surface area contributed by atoms with Gasteiger partial charge >= 0.3 is 7.12 Å². The number of thiophene rings is 1. The fourth-order valence-corrected chi connectivity index (χ4v) is 6.35. The van der Waals surface area contributed by atoms with Crippen LogP contribution in [0, 0.1) is 0 Å². The highest BCUT2D eigenvalue weighted by atomic mass is 32.1. The predicted molar refractivity (Wildman–Crippen MR) is 149 cm³/mol. The zero-order valence-corrected chi connectivity index (χ0v) is 19.1. The van der Waals surface area contributed by atoms with Crippen molar-refractivity contribution in [2.45, 2.75) is 0 Å². The molecule has 7 rings (SSSR count). The molecular formula is C30H20BNO2S. The molecule has 0 atom stereocenters. The van der Waals surface area contributed by atoms with Gasteiger partial charge in [-0.2, -0.15) is 0 Å². The van der Waals surface area contributed by atoms with Gasteiger partial charge in [0.1, 0.15) is 0 Å². The van der Waals surface area contributed by atoms with Crippen LogP contribution in [0.4, 0.5) is 0 Å². The molecule has 5 aromatic carbocycles. The SMILES string of the molecule is [2H]c1c([2H])c([2H])c(-c2cccc3c2sc2c(B(O)O)cc(-n4c5ccccc5c5ccccc54)cc23)c([2H])c1[2H]. The second kappa shape index (κ2) is 7.82. The van der Waals surface area contributed by atoms with Gasteiger partial charge in [0.15, 0.2) is 0 Å². The molecule has 0 aliphatic heterocycles. The second-order valence-electron chi connectivity index (χ2n) is 8.44. The summed E-state index contributed by atoms with van der Waals surface area (Å²) in [6, 6.07) is 23.6. The van der Waals surface area contributed by atoms with E-state index in [0.29, 0.717) is 20.4 Å². The number of hydrogen-bond donors (Lipinski definition) is 2. The molecule has 2 N–H and O–H groups in total. The molecule has 7 aromatic rings. The van der Waals surface area contributed by atoms with Gasteiger partial charge in [-0.3, -0.25) is 0 Å². The van der Waals surface area contributed by atoms with Gasteiger partial charge in [0.2, 0.25) is 0 Å². The summed E-state index contributed by atoms with van der Waals surface area (Å²) >= 11 is 1.32. The average molecular weight is 474 g/mol. The van der Waals surface area contributed by atoms with Crippen LogP contribution in [0.3, 0.4) is 0 Å². The number of nitrogens with zero attached hydrogens (tertiary/aromatic N) is 1. The van der Waals surface area contributed by atoms with E-state index in [1.54, 1.807) is 18.2 Å². The Balaban J connectivity index is 1.59. The third-order valence-electron chi connectivity index (χ3n) is 6.50. The number of rotatable bonds is 3. The molecule has 0 amide bonds. The molecule has 0 unspecified atom stereocenters. The third-order valence-corrected chi connectivity index (χ3v) is 7.80. The summed E-state index contributed by atoms with van der Waals surface area (Å²) in [6.07, 6.45) is 0. The van der Waals surface area contributed by atoms with Crippen LogP contribution >= 0.6 is 11.3 Å². The third kappa shape index (κ3) is 3.06. The highest BCUT2D eigenvalue weighted by Crippen LogP contribution is 2.41. The molecule has 0 aliphatic rings. The summed E-state index contributed by atoms with van der Waals surface area (Å²) in [7, 11) is -1.74. The lowest BCUT2D eigenvalue weighted by Gasteiger charge is -2.11. The van der Waals surface area contributed by atoms with Gasteiger partial charge in [-0.05, 0) is 35.4 Å². The number of benzene rings is 5. The lowest BCUT2D eigenvalue weighted by Crippen LogP contribution is -2.30. The van der Waals surface area contributed by atoms with Crippen LogP contribution in [-0.2, 0) is 0 Å². The highest BCUT2D eigenvalue weighted by Gasteiger charge is 2.22. The van der Waals surface area contributed by atoms with Crippen molar-refractivity contribution in [2.24, 2.45) is 0 Å². The number of aromatic nitrogens is 1. The van der Waals surface area contributed by atoms with E-state index in [4.69, 9.17) is 6.85 Å². The van der Waals surface area contributed by atoms with E-state index in [1.807, 2.05) is 48.5 Å². The standard InChI is InChI=1S/C30H20BNO2S/c33-31(34)26-18-20(32-27-15-6-4-11-22(27)23-12-5-7-16-28(23)32)17-25-24-14-8-13-21(29(24)35-30(25)26)19-9-2-1-3-10-19/h1-18,33-34H/i1D,2D,3D,9D,10D. The lowest BCUT2D eigenvalue weighted by molar-refractivity contribution is 0.426. The Bertz CT molecular complexity index is 2090. The number of hydrogen-bond acceptors (Lipinski definition) is 3. The van der Waals surface area contributed by atoms with Crippen LogP contribution in [0.2, 0.25) is 0 Å². The molecule has 5 heteroatoms. The quantitative estimate of drug-likeness (QED) is 0.287. The largest absolute Gasteiger partial charge is 0.489 e. The van der Waals surface area contributed by atoms with E-state index in [0.717, 1.165) is 38.3 Å². The van der Waals surface area contributed by atoms with E-state index in [9.17, 15) is 10.0 Å². The number of para-hydroxylation sites is 2. The summed E-state index contributed by atoms with van der Waals surface area (Å²) in [5.74, 6) is 0. The first-order chi connectivity index (χ1) is 19.3. The Morgan fingerprint density at radius 2 is 1.34 bits per heavy atom. The molecular weight excluding hydrogens is 449 g/mol. The van der Waals surface area contributed by atoms with Crippen LogP contribution in [0.5, 0.6) is 0 Å². The summed E-state index contributed by atoms with van der Waals surface area (Å²) in [6.45, 7) is 0. The summed E-state index contributed by atoms with van der Waals surface area (Å²) in [5.41, 5.74) is 3.70. The topological polar surface area (TPSA) is 45.4 Å². The first-order valence-corrected chi connectivity index (χ1v) is 12.0. The summed E-state index contributed by atoms with van der Waals surface area (Å²) in [4.78, 5) is 0. The maximum atomic E-state index is 10.5. The molecule has 35 heavy (non-hydrogen) atoms. The Morgan fingerprint density at radius 1 is 0.686 bits per heavy atom. The zero-order valence-electron chi connectivity index (χ0n) is 23.3. The van der Waals surface area contributed by atoms with Crippen molar-refractivity contribution in [3.05, 3.63) is 109 Å². The van der Waals surface area contributed by atoms with Crippen molar-refractivity contribution >= 4 is 65.9 Å². The van der Waals surface area contributed by atoms with Gasteiger partial charge in [-0.25, -0.2) is 0 Å². The molecule has 0 saturated heterocycles. The van der Waals surface area contributed by atoms with Gasteiger partial charge in [0, 0.05) is 42.1 Å². The van der Waals surface area contributed by atoms with Crippen LogP contribution in [-0.4, -0.2) is 21.7 Å². The van der Waals surface area contributed by atoms with Crippen molar-refractivity contribution in [1.82, 2.24) is 4.57 Å². The highest BCUT2D eigenvalue weighted by molar-refractivity contribution is 7.27. The van der Waals surface area contributed by atoms with E-state index in [1.165, 1.54) is 11.3 Å². The molecule has 0 saturated carbocycles. The molecule has 0 radical (unpaired) electrons. The second-order valence-corrected chi connectivity index (χ2v) is 9.46. The van der Waals surface area contributed by atoms with Gasteiger partial charge in [0.05, 0.1) is 17.9 Å². The summed E-state index contributed by atoms with van der Waals surface area (Å²) in [5, 5.41) is 24.8. The average Bonchev–Trinajstić information content (AvgIpc) is 3.51. The summed E-state index contributed by atoms with van der Waals surface area (Å²) < 4.78 is 44.8. The molecule has 0 spiro atoms. The Labute approximate surface area is 213 Å². The minimum atomic E-state index is -1.74. The molecule has 0 bridgehead atoms. The van der Waals surface area contributed by atoms with E-state index in [2.05, 4.69) is 16.7 Å². The zero-order chi connectivity index (χ0) is 27.9. The lowest BCUT2D eigenvalue weighted by atomic mass is 9.79. The van der Waals surface area contributed by atoms with Gasteiger partial charge in [-0.15, -0.1) is 11.3 Å². The maximum Gasteiger partial charge on any atom is 0.489 e. The Morgan fingerprint density at radius 3 is 2.03 bits per heavy atom. The number of fused-ring (bicyclic) bond motifs is 6. The molecule has 2 heterocycles. The van der Waals surface area contributed by atoms with Crippen molar-refractivity contribution in [2.75, 3.05) is 0 Å². The molecule has 0 aliphatic carbocycles. The van der Waals surface area contributed by atoms with Gasteiger partial charge in [-0.1, -0.05) is 84.8 Å². The van der Waals surface area contributed by atoms with Crippen molar-refractivity contribution in [3.63, 3.8) is 0 Å². The predicted octanol–water partition coefficient (Wildman–Crippen LogP) is 6.50. The molecule has 3 nitrogen and oxygen atoms in total. The van der Waals surface area contributed by atoms with Crippen LogP contribution < -0.4 is 5.46 Å². The van der Waals surface area contributed by atoms with Crippen LogP contribution in [0.15, 0.2) is 109 Å². The van der Waals surface area contributed by atoms with Crippen molar-refractivity contribution in [3.8, 4) is 16.8 Å². The van der Waals surface area contributed by atoms with E-state index >= 15 is 0 Å². The minimum absolute atomic E-state index is 0.122. The fraction of sp³-hybridized carbons (Fsp3) is 0. The van der Waals surface area contributed by atoms with Gasteiger partial charge in [0.25, 0.3) is 0 Å². The first kappa shape index (κ1) is 15.9. The maximum absolute atomic E-state index is 10.5. The van der Waals surface area contributed by atoms with Crippen LogP contribution in [0.25, 0.3) is 58.8 Å². The molecule has 0 fully saturated rings. The normalized spacial score (nSPS) is 13.7. The Hall–Kier alpha value is -3.90. The minimum Gasteiger partial charge on any atom is -0.423 e. The molecule has 166 valence electrons. The van der Waals surface area contributed by atoms with Gasteiger partial charge < -0.3 is 14.6 Å². The monoisotopic (exact) mass is 474 g/mol. The van der Waals surface area contributed by atoms with Crippen molar-refractivity contribution in [1.29, 1.82) is 0 Å². The molecule has 2 aromatic heterocycles. The van der Waals surface area contributed by atoms with E-state index < -0.39 is 25.2 Å². The van der Waals surface area contributed by atoms with Crippen LogP contribution in [0.1, 0.15) is 6.85 Å². The van der Waals surface area contributed by atoms with E-state index in [-0.39, 0.29) is 17.6 Å².